The first kappa shape index (κ1) is 21.4. The van der Waals surface area contributed by atoms with Crippen LogP contribution in [0.15, 0.2) is 36.7 Å². The molecule has 1 aliphatic heterocycles. The SMILES string of the molecule is CC(CC(=O)N1CCC(Oc2cncc(Cl)n2)CC1)c1ccccc1C(F)(F)F. The van der Waals surface area contributed by atoms with E-state index in [1.165, 1.54) is 24.5 Å². The molecular weight excluding hydrogens is 407 g/mol. The number of likely N-dealkylation sites (tertiary alicyclic amines) is 1. The Hall–Kier alpha value is -2.35. The van der Waals surface area contributed by atoms with Gasteiger partial charge >= 0.3 is 6.18 Å². The van der Waals surface area contributed by atoms with E-state index >= 15 is 0 Å². The summed E-state index contributed by atoms with van der Waals surface area (Å²) in [6, 6.07) is 5.41. The van der Waals surface area contributed by atoms with Gasteiger partial charge in [0.15, 0.2) is 5.15 Å². The highest BCUT2D eigenvalue weighted by molar-refractivity contribution is 6.29. The molecule has 1 aromatic carbocycles. The zero-order valence-electron chi connectivity index (χ0n) is 15.8. The summed E-state index contributed by atoms with van der Waals surface area (Å²) in [5, 5.41) is 0.239. The van der Waals surface area contributed by atoms with Gasteiger partial charge in [-0.3, -0.25) is 9.78 Å². The molecule has 29 heavy (non-hydrogen) atoms. The summed E-state index contributed by atoms with van der Waals surface area (Å²) < 4.78 is 45.4. The van der Waals surface area contributed by atoms with Gasteiger partial charge < -0.3 is 9.64 Å². The number of carbonyl (C=O) groups is 1. The maximum absolute atomic E-state index is 13.2. The van der Waals surface area contributed by atoms with Crippen LogP contribution in [0.2, 0.25) is 5.15 Å². The molecule has 1 aromatic heterocycles. The highest BCUT2D eigenvalue weighted by atomic mass is 35.5. The number of aromatic nitrogens is 2. The van der Waals surface area contributed by atoms with Gasteiger partial charge in [-0.2, -0.15) is 18.2 Å². The van der Waals surface area contributed by atoms with Crippen LogP contribution in [0.3, 0.4) is 0 Å². The zero-order chi connectivity index (χ0) is 21.0. The Balaban J connectivity index is 1.55. The Morgan fingerprint density at radius 1 is 1.28 bits per heavy atom. The quantitative estimate of drug-likeness (QED) is 0.693. The Bertz CT molecular complexity index is 855. The van der Waals surface area contributed by atoms with Crippen molar-refractivity contribution in [2.75, 3.05) is 13.1 Å². The van der Waals surface area contributed by atoms with Crippen LogP contribution in [0.1, 0.15) is 43.2 Å². The summed E-state index contributed by atoms with van der Waals surface area (Å²) in [5.74, 6) is -0.355. The Kier molecular flexibility index (Phi) is 6.62. The van der Waals surface area contributed by atoms with Crippen LogP contribution in [-0.4, -0.2) is 40.0 Å². The Labute approximate surface area is 171 Å². The lowest BCUT2D eigenvalue weighted by molar-refractivity contribution is -0.139. The molecule has 1 saturated heterocycles. The second-order valence-corrected chi connectivity index (χ2v) is 7.46. The standard InChI is InChI=1S/C20H21ClF3N3O2/c1-13(15-4-2-3-5-16(15)20(22,23)24)10-19(28)27-8-6-14(7-9-27)29-18-12-25-11-17(21)26-18/h2-5,11-14H,6-10H2,1H3. The molecule has 0 N–H and O–H groups in total. The molecule has 1 atom stereocenters. The Morgan fingerprint density at radius 2 is 1.97 bits per heavy atom. The average molecular weight is 428 g/mol. The lowest BCUT2D eigenvalue weighted by Gasteiger charge is -2.32. The van der Waals surface area contributed by atoms with Crippen molar-refractivity contribution < 1.29 is 22.7 Å². The molecular formula is C20H21ClF3N3O2. The summed E-state index contributed by atoms with van der Waals surface area (Å²) in [6.07, 6.45) is -0.432. The van der Waals surface area contributed by atoms with E-state index < -0.39 is 17.7 Å². The molecule has 1 fully saturated rings. The number of benzene rings is 1. The fourth-order valence-corrected chi connectivity index (χ4v) is 3.60. The molecule has 0 saturated carbocycles. The second-order valence-electron chi connectivity index (χ2n) is 7.07. The van der Waals surface area contributed by atoms with Crippen molar-refractivity contribution in [3.05, 3.63) is 52.9 Å². The molecule has 2 aromatic rings. The number of nitrogens with zero attached hydrogens (tertiary/aromatic N) is 3. The smallest absolute Gasteiger partial charge is 0.416 e. The van der Waals surface area contributed by atoms with Crippen LogP contribution in [0.25, 0.3) is 0 Å². The van der Waals surface area contributed by atoms with Gasteiger partial charge in [0.25, 0.3) is 0 Å². The van der Waals surface area contributed by atoms with E-state index in [4.69, 9.17) is 16.3 Å². The molecule has 0 bridgehead atoms. The van der Waals surface area contributed by atoms with Crippen LogP contribution < -0.4 is 4.74 Å². The van der Waals surface area contributed by atoms with Crippen LogP contribution in [0.5, 0.6) is 5.88 Å². The molecule has 0 spiro atoms. The van der Waals surface area contributed by atoms with E-state index in [1.54, 1.807) is 17.9 Å². The topological polar surface area (TPSA) is 55.3 Å². The first-order valence-corrected chi connectivity index (χ1v) is 9.70. The second kappa shape index (κ2) is 8.98. The van der Waals surface area contributed by atoms with E-state index in [-0.39, 0.29) is 29.1 Å². The maximum atomic E-state index is 13.2. The molecule has 9 heteroatoms. The third-order valence-corrected chi connectivity index (χ3v) is 5.13. The predicted molar refractivity (Wildman–Crippen MR) is 102 cm³/mol. The molecule has 2 heterocycles. The molecule has 1 aliphatic rings. The van der Waals surface area contributed by atoms with E-state index in [9.17, 15) is 18.0 Å². The van der Waals surface area contributed by atoms with Crippen LogP contribution in [0.4, 0.5) is 13.2 Å². The highest BCUT2D eigenvalue weighted by Gasteiger charge is 2.35. The van der Waals surface area contributed by atoms with E-state index in [0.717, 1.165) is 6.07 Å². The van der Waals surface area contributed by atoms with Gasteiger partial charge in [0.2, 0.25) is 11.8 Å². The first-order chi connectivity index (χ1) is 13.7. The van der Waals surface area contributed by atoms with Gasteiger partial charge in [-0.05, 0) is 17.5 Å². The van der Waals surface area contributed by atoms with Crippen molar-refractivity contribution in [1.82, 2.24) is 14.9 Å². The van der Waals surface area contributed by atoms with Crippen molar-refractivity contribution in [2.45, 2.75) is 44.4 Å². The van der Waals surface area contributed by atoms with Crippen molar-refractivity contribution in [2.24, 2.45) is 0 Å². The number of ether oxygens (including phenoxy) is 1. The normalized spacial score (nSPS) is 16.5. The van der Waals surface area contributed by atoms with Crippen LogP contribution in [0, 0.1) is 0 Å². The van der Waals surface area contributed by atoms with Crippen LogP contribution in [-0.2, 0) is 11.0 Å². The number of carbonyl (C=O) groups excluding carboxylic acids is 1. The highest BCUT2D eigenvalue weighted by Crippen LogP contribution is 2.36. The van der Waals surface area contributed by atoms with E-state index in [1.807, 2.05) is 0 Å². The molecule has 3 rings (SSSR count). The molecule has 5 nitrogen and oxygen atoms in total. The van der Waals surface area contributed by atoms with Gasteiger partial charge in [-0.1, -0.05) is 36.7 Å². The number of amides is 1. The predicted octanol–water partition coefficient (Wildman–Crippen LogP) is 4.71. The Morgan fingerprint density at radius 3 is 2.62 bits per heavy atom. The third kappa shape index (κ3) is 5.59. The number of halogens is 4. The fraction of sp³-hybridized carbons (Fsp3) is 0.450. The largest absolute Gasteiger partial charge is 0.473 e. The first-order valence-electron chi connectivity index (χ1n) is 9.32. The van der Waals surface area contributed by atoms with Crippen molar-refractivity contribution in [1.29, 1.82) is 0 Å². The lowest BCUT2D eigenvalue weighted by atomic mass is 9.92. The summed E-state index contributed by atoms with van der Waals surface area (Å²) in [7, 11) is 0. The van der Waals surface area contributed by atoms with Gasteiger partial charge in [0.1, 0.15) is 6.10 Å². The van der Waals surface area contributed by atoms with Gasteiger partial charge in [-0.25, -0.2) is 0 Å². The van der Waals surface area contributed by atoms with E-state index in [2.05, 4.69) is 9.97 Å². The fourth-order valence-electron chi connectivity index (χ4n) is 3.46. The lowest BCUT2D eigenvalue weighted by Crippen LogP contribution is -2.42. The average Bonchev–Trinajstić information content (AvgIpc) is 2.68. The summed E-state index contributed by atoms with van der Waals surface area (Å²) >= 11 is 5.79. The van der Waals surface area contributed by atoms with Crippen LogP contribution >= 0.6 is 11.6 Å². The number of hydrogen-bond donors (Lipinski definition) is 0. The molecule has 156 valence electrons. The summed E-state index contributed by atoms with van der Waals surface area (Å²) in [5.41, 5.74) is -0.541. The van der Waals surface area contributed by atoms with Crippen molar-refractivity contribution in [3.8, 4) is 5.88 Å². The molecule has 1 unspecified atom stereocenters. The number of rotatable bonds is 5. The van der Waals surface area contributed by atoms with Crippen molar-refractivity contribution in [3.63, 3.8) is 0 Å². The minimum absolute atomic E-state index is 0.0262. The number of hydrogen-bond acceptors (Lipinski definition) is 4. The van der Waals surface area contributed by atoms with Gasteiger partial charge in [-0.15, -0.1) is 0 Å². The zero-order valence-corrected chi connectivity index (χ0v) is 16.6. The maximum Gasteiger partial charge on any atom is 0.416 e. The minimum atomic E-state index is -4.44. The molecule has 0 aliphatic carbocycles. The third-order valence-electron chi connectivity index (χ3n) is 4.94. The van der Waals surface area contributed by atoms with Gasteiger partial charge in [0, 0.05) is 32.4 Å². The number of alkyl halides is 3. The summed E-state index contributed by atoms with van der Waals surface area (Å²) in [4.78, 5) is 22.2. The molecule has 1 amide bonds. The monoisotopic (exact) mass is 427 g/mol. The van der Waals surface area contributed by atoms with Gasteiger partial charge in [0.05, 0.1) is 18.0 Å². The minimum Gasteiger partial charge on any atom is -0.473 e. The molecule has 0 radical (unpaired) electrons. The van der Waals surface area contributed by atoms with Crippen molar-refractivity contribution >= 4 is 17.5 Å². The number of piperidine rings is 1. The summed E-state index contributed by atoms with van der Waals surface area (Å²) in [6.45, 7) is 2.60. The van der Waals surface area contributed by atoms with E-state index in [0.29, 0.717) is 31.8 Å².